The normalized spacial score (nSPS) is 10.4. The zero-order valence-electron chi connectivity index (χ0n) is 8.18. The highest BCUT2D eigenvalue weighted by atomic mass is 32.1. The van der Waals surface area contributed by atoms with Crippen LogP contribution in [-0.4, -0.2) is 9.97 Å². The summed E-state index contributed by atoms with van der Waals surface area (Å²) in [6.07, 6.45) is 3.62. The van der Waals surface area contributed by atoms with Crippen molar-refractivity contribution in [3.05, 3.63) is 41.2 Å². The molecule has 0 unspecified atom stereocenters. The van der Waals surface area contributed by atoms with Gasteiger partial charge in [0, 0.05) is 30.9 Å². The molecule has 0 saturated carbocycles. The summed E-state index contributed by atoms with van der Waals surface area (Å²) >= 11 is 1.46. The monoisotopic (exact) mass is 220 g/mol. The maximum Gasteiger partial charge on any atom is 0.180 e. The zero-order chi connectivity index (χ0) is 10.5. The molecule has 0 radical (unpaired) electrons. The van der Waals surface area contributed by atoms with Gasteiger partial charge in [-0.2, -0.15) is 0 Å². The van der Waals surface area contributed by atoms with E-state index >= 15 is 0 Å². The molecule has 2 rings (SSSR count). The maximum atomic E-state index is 5.53. The van der Waals surface area contributed by atoms with E-state index in [9.17, 15) is 0 Å². The first kappa shape index (κ1) is 10.1. The van der Waals surface area contributed by atoms with Crippen molar-refractivity contribution in [2.75, 3.05) is 5.73 Å². The van der Waals surface area contributed by atoms with Crippen molar-refractivity contribution in [3.8, 4) is 0 Å². The largest absolute Gasteiger partial charge is 0.375 e. The molecule has 15 heavy (non-hydrogen) atoms. The van der Waals surface area contributed by atoms with Crippen molar-refractivity contribution in [3.63, 3.8) is 0 Å². The SMILES string of the molecule is Nc1nc(CNCc2cccnc2)cs1. The lowest BCUT2D eigenvalue weighted by Gasteiger charge is -2.01. The van der Waals surface area contributed by atoms with Gasteiger partial charge in [0.25, 0.3) is 0 Å². The first-order chi connectivity index (χ1) is 7.34. The third-order valence-corrected chi connectivity index (χ3v) is 2.65. The molecule has 0 amide bonds. The number of nitrogens with zero attached hydrogens (tertiary/aromatic N) is 2. The number of hydrogen-bond acceptors (Lipinski definition) is 5. The van der Waals surface area contributed by atoms with Gasteiger partial charge < -0.3 is 11.1 Å². The second-order valence-electron chi connectivity index (χ2n) is 3.14. The number of nitrogen functional groups attached to an aromatic ring is 1. The highest BCUT2D eigenvalue weighted by Crippen LogP contribution is 2.10. The van der Waals surface area contributed by atoms with E-state index in [4.69, 9.17) is 5.73 Å². The van der Waals surface area contributed by atoms with Crippen molar-refractivity contribution in [2.24, 2.45) is 0 Å². The molecular formula is C10H12N4S. The number of anilines is 1. The van der Waals surface area contributed by atoms with Crippen LogP contribution in [0.25, 0.3) is 0 Å². The number of hydrogen-bond donors (Lipinski definition) is 2. The van der Waals surface area contributed by atoms with E-state index in [-0.39, 0.29) is 0 Å². The molecule has 0 bridgehead atoms. The molecule has 0 aliphatic heterocycles. The molecule has 0 atom stereocenters. The first-order valence-electron chi connectivity index (χ1n) is 4.64. The molecule has 5 heteroatoms. The average Bonchev–Trinajstić information content (AvgIpc) is 2.66. The van der Waals surface area contributed by atoms with E-state index in [1.807, 2.05) is 23.7 Å². The molecule has 0 fully saturated rings. The van der Waals surface area contributed by atoms with Gasteiger partial charge in [-0.3, -0.25) is 4.98 Å². The van der Waals surface area contributed by atoms with Crippen LogP contribution in [0.4, 0.5) is 5.13 Å². The summed E-state index contributed by atoms with van der Waals surface area (Å²) in [5.74, 6) is 0. The maximum absolute atomic E-state index is 5.53. The number of rotatable bonds is 4. The summed E-state index contributed by atoms with van der Waals surface area (Å²) in [6, 6.07) is 3.97. The van der Waals surface area contributed by atoms with Crippen LogP contribution in [0.1, 0.15) is 11.3 Å². The van der Waals surface area contributed by atoms with Crippen LogP contribution < -0.4 is 11.1 Å². The predicted octanol–water partition coefficient (Wildman–Crippen LogP) is 1.41. The van der Waals surface area contributed by atoms with Gasteiger partial charge in [0.1, 0.15) is 0 Å². The summed E-state index contributed by atoms with van der Waals surface area (Å²) in [5, 5.41) is 5.86. The Balaban J connectivity index is 1.80. The van der Waals surface area contributed by atoms with Gasteiger partial charge in [0.2, 0.25) is 0 Å². The first-order valence-corrected chi connectivity index (χ1v) is 5.52. The Kier molecular flexibility index (Phi) is 3.26. The quantitative estimate of drug-likeness (QED) is 0.817. The molecule has 0 saturated heterocycles. The lowest BCUT2D eigenvalue weighted by molar-refractivity contribution is 0.681. The highest BCUT2D eigenvalue weighted by molar-refractivity contribution is 7.13. The van der Waals surface area contributed by atoms with E-state index in [2.05, 4.69) is 15.3 Å². The van der Waals surface area contributed by atoms with Gasteiger partial charge in [-0.15, -0.1) is 11.3 Å². The van der Waals surface area contributed by atoms with E-state index in [1.165, 1.54) is 16.9 Å². The Hall–Kier alpha value is -1.46. The smallest absolute Gasteiger partial charge is 0.180 e. The third-order valence-electron chi connectivity index (χ3n) is 1.93. The number of pyridine rings is 1. The van der Waals surface area contributed by atoms with Crippen LogP contribution in [0, 0.1) is 0 Å². The Morgan fingerprint density at radius 2 is 2.33 bits per heavy atom. The highest BCUT2D eigenvalue weighted by Gasteiger charge is 1.98. The standard InChI is InChI=1S/C10H12N4S/c11-10-14-9(7-15-10)6-13-5-8-2-1-3-12-4-8/h1-4,7,13H,5-6H2,(H2,11,14). The minimum absolute atomic E-state index is 0.619. The Labute approximate surface area is 92.2 Å². The minimum atomic E-state index is 0.619. The van der Waals surface area contributed by atoms with Crippen LogP contribution >= 0.6 is 11.3 Å². The van der Waals surface area contributed by atoms with Crippen molar-refractivity contribution in [2.45, 2.75) is 13.1 Å². The van der Waals surface area contributed by atoms with Crippen LogP contribution in [0.2, 0.25) is 0 Å². The summed E-state index contributed by atoms with van der Waals surface area (Å²) in [4.78, 5) is 8.20. The molecule has 0 aliphatic carbocycles. The molecule has 3 N–H and O–H groups in total. The fourth-order valence-electron chi connectivity index (χ4n) is 1.24. The summed E-state index contributed by atoms with van der Waals surface area (Å²) in [6.45, 7) is 1.54. The molecule has 0 spiro atoms. The van der Waals surface area contributed by atoms with Gasteiger partial charge in [-0.25, -0.2) is 4.98 Å². The van der Waals surface area contributed by atoms with Gasteiger partial charge in [0.15, 0.2) is 5.13 Å². The average molecular weight is 220 g/mol. The summed E-state index contributed by atoms with van der Waals surface area (Å²) in [5.41, 5.74) is 7.69. The Bertz CT molecular complexity index is 412. The second-order valence-corrected chi connectivity index (χ2v) is 4.03. The van der Waals surface area contributed by atoms with Crippen LogP contribution in [0.5, 0.6) is 0 Å². The summed E-state index contributed by atoms with van der Waals surface area (Å²) < 4.78 is 0. The molecule has 2 aromatic rings. The van der Waals surface area contributed by atoms with Crippen LogP contribution in [0.15, 0.2) is 29.9 Å². The van der Waals surface area contributed by atoms with Crippen LogP contribution in [0.3, 0.4) is 0 Å². The second kappa shape index (κ2) is 4.86. The number of nitrogens with two attached hydrogens (primary N) is 1. The Morgan fingerprint density at radius 1 is 1.40 bits per heavy atom. The molecule has 4 nitrogen and oxygen atoms in total. The van der Waals surface area contributed by atoms with Crippen molar-refractivity contribution in [1.82, 2.24) is 15.3 Å². The number of thiazole rings is 1. The van der Waals surface area contributed by atoms with E-state index < -0.39 is 0 Å². The van der Waals surface area contributed by atoms with E-state index in [1.54, 1.807) is 6.20 Å². The van der Waals surface area contributed by atoms with Gasteiger partial charge >= 0.3 is 0 Å². The molecule has 0 aromatic carbocycles. The molecule has 0 aliphatic rings. The molecule has 78 valence electrons. The predicted molar refractivity (Wildman–Crippen MR) is 61.3 cm³/mol. The van der Waals surface area contributed by atoms with Crippen molar-refractivity contribution in [1.29, 1.82) is 0 Å². The number of nitrogens with one attached hydrogen (secondary N) is 1. The van der Waals surface area contributed by atoms with Gasteiger partial charge in [-0.05, 0) is 11.6 Å². The van der Waals surface area contributed by atoms with Crippen molar-refractivity contribution >= 4 is 16.5 Å². The molecule has 2 heterocycles. The topological polar surface area (TPSA) is 63.8 Å². The van der Waals surface area contributed by atoms with E-state index in [0.717, 1.165) is 18.8 Å². The summed E-state index contributed by atoms with van der Waals surface area (Å²) in [7, 11) is 0. The lowest BCUT2D eigenvalue weighted by atomic mass is 10.3. The fraction of sp³-hybridized carbons (Fsp3) is 0.200. The van der Waals surface area contributed by atoms with Crippen LogP contribution in [-0.2, 0) is 13.1 Å². The van der Waals surface area contributed by atoms with Crippen molar-refractivity contribution < 1.29 is 0 Å². The molecular weight excluding hydrogens is 208 g/mol. The fourth-order valence-corrected chi connectivity index (χ4v) is 1.80. The zero-order valence-corrected chi connectivity index (χ0v) is 9.00. The van der Waals surface area contributed by atoms with Gasteiger partial charge in [-0.1, -0.05) is 6.07 Å². The van der Waals surface area contributed by atoms with Gasteiger partial charge in [0.05, 0.1) is 5.69 Å². The Morgan fingerprint density at radius 3 is 3.00 bits per heavy atom. The third kappa shape index (κ3) is 3.00. The lowest BCUT2D eigenvalue weighted by Crippen LogP contribution is -2.12. The minimum Gasteiger partial charge on any atom is -0.375 e. The van der Waals surface area contributed by atoms with E-state index in [0.29, 0.717) is 5.13 Å². The molecule has 2 aromatic heterocycles. The number of aromatic nitrogens is 2.